The predicted molar refractivity (Wildman–Crippen MR) is 103 cm³/mol. The fraction of sp³-hybridized carbons (Fsp3) is 0.136. The van der Waals surface area contributed by atoms with Crippen molar-refractivity contribution >= 4 is 23.6 Å². The van der Waals surface area contributed by atoms with Crippen molar-refractivity contribution < 1.29 is 4.79 Å². The maximum atomic E-state index is 10.9. The van der Waals surface area contributed by atoms with Crippen molar-refractivity contribution in [2.45, 2.75) is 13.0 Å². The number of hydrogen-bond acceptors (Lipinski definition) is 2. The zero-order valence-corrected chi connectivity index (χ0v) is 14.5. The summed E-state index contributed by atoms with van der Waals surface area (Å²) in [5.74, 6) is 0. The van der Waals surface area contributed by atoms with Gasteiger partial charge in [-0.2, -0.15) is 0 Å². The van der Waals surface area contributed by atoms with Crippen LogP contribution in [0.1, 0.15) is 21.5 Å². The van der Waals surface area contributed by atoms with Crippen molar-refractivity contribution in [2.24, 2.45) is 0 Å². The Bertz CT molecular complexity index is 921. The van der Waals surface area contributed by atoms with Gasteiger partial charge in [-0.3, -0.25) is 4.79 Å². The molecule has 3 aromatic carbocycles. The van der Waals surface area contributed by atoms with Crippen LogP contribution < -0.4 is 4.90 Å². The number of benzene rings is 3. The highest BCUT2D eigenvalue weighted by Gasteiger charge is 2.22. The molecule has 3 aromatic rings. The highest BCUT2D eigenvalue weighted by atomic mass is 35.5. The van der Waals surface area contributed by atoms with Crippen LogP contribution in [0.5, 0.6) is 0 Å². The van der Waals surface area contributed by atoms with Crippen molar-refractivity contribution in [1.82, 2.24) is 0 Å². The van der Waals surface area contributed by atoms with E-state index in [4.69, 9.17) is 11.6 Å². The van der Waals surface area contributed by atoms with Crippen LogP contribution >= 0.6 is 11.6 Å². The molecule has 0 bridgehead atoms. The minimum atomic E-state index is 0.613. The van der Waals surface area contributed by atoms with Crippen LogP contribution in [0, 0.1) is 0 Å². The van der Waals surface area contributed by atoms with E-state index in [-0.39, 0.29) is 0 Å². The van der Waals surface area contributed by atoms with Crippen molar-refractivity contribution in [3.63, 3.8) is 0 Å². The Labute approximate surface area is 152 Å². The monoisotopic (exact) mass is 347 g/mol. The van der Waals surface area contributed by atoms with Gasteiger partial charge in [0, 0.05) is 29.4 Å². The standard InChI is InChI=1S/C22H18ClNO/c23-21-13-16(15-25)9-10-18(21)14-24-12-11-20-19(7-4-8-22(20)24)17-5-2-1-3-6-17/h1-10,13,15H,11-12,14H2. The minimum absolute atomic E-state index is 0.613. The van der Waals surface area contributed by atoms with Crippen LogP contribution in [-0.4, -0.2) is 12.8 Å². The number of aldehydes is 1. The highest BCUT2D eigenvalue weighted by Crippen LogP contribution is 2.37. The van der Waals surface area contributed by atoms with Gasteiger partial charge in [0.25, 0.3) is 0 Å². The maximum Gasteiger partial charge on any atom is 0.150 e. The summed E-state index contributed by atoms with van der Waals surface area (Å²) in [6.45, 7) is 1.73. The van der Waals surface area contributed by atoms with E-state index in [9.17, 15) is 4.79 Å². The molecular weight excluding hydrogens is 330 g/mol. The molecule has 1 aliphatic rings. The molecule has 4 rings (SSSR count). The lowest BCUT2D eigenvalue weighted by molar-refractivity contribution is 0.112. The van der Waals surface area contributed by atoms with Crippen LogP contribution in [0.2, 0.25) is 5.02 Å². The molecule has 2 nitrogen and oxygen atoms in total. The van der Waals surface area contributed by atoms with Gasteiger partial charge in [-0.25, -0.2) is 0 Å². The van der Waals surface area contributed by atoms with E-state index >= 15 is 0 Å². The second-order valence-corrected chi connectivity index (χ2v) is 6.72. The molecular formula is C22H18ClNO. The molecule has 0 aliphatic carbocycles. The first kappa shape index (κ1) is 15.9. The fourth-order valence-corrected chi connectivity index (χ4v) is 3.77. The molecule has 0 unspecified atom stereocenters. The molecule has 1 heterocycles. The lowest BCUT2D eigenvalue weighted by Crippen LogP contribution is -2.19. The molecule has 1 aliphatic heterocycles. The molecule has 0 saturated carbocycles. The normalized spacial score (nSPS) is 12.9. The Morgan fingerprint density at radius 2 is 1.84 bits per heavy atom. The second-order valence-electron chi connectivity index (χ2n) is 6.31. The van der Waals surface area contributed by atoms with Crippen LogP contribution in [0.15, 0.2) is 66.7 Å². The molecule has 0 radical (unpaired) electrons. The zero-order chi connectivity index (χ0) is 17.2. The van der Waals surface area contributed by atoms with Gasteiger partial charge in [0.15, 0.2) is 0 Å². The van der Waals surface area contributed by atoms with Gasteiger partial charge in [0.2, 0.25) is 0 Å². The quantitative estimate of drug-likeness (QED) is 0.590. The van der Waals surface area contributed by atoms with Crippen LogP contribution in [0.4, 0.5) is 5.69 Å². The summed E-state index contributed by atoms with van der Waals surface area (Å²) in [5, 5.41) is 0.650. The molecule has 124 valence electrons. The van der Waals surface area contributed by atoms with Gasteiger partial charge in [-0.05, 0) is 40.8 Å². The number of hydrogen-bond donors (Lipinski definition) is 0. The third-order valence-electron chi connectivity index (χ3n) is 4.78. The molecule has 0 spiro atoms. The van der Waals surface area contributed by atoms with Crippen molar-refractivity contribution in [1.29, 1.82) is 0 Å². The average molecular weight is 348 g/mol. The van der Waals surface area contributed by atoms with Crippen LogP contribution in [0.3, 0.4) is 0 Å². The summed E-state index contributed by atoms with van der Waals surface area (Å²) in [6.07, 6.45) is 1.86. The Balaban J connectivity index is 1.66. The molecule has 3 heteroatoms. The number of nitrogens with zero attached hydrogens (tertiary/aromatic N) is 1. The molecule has 0 fully saturated rings. The van der Waals surface area contributed by atoms with Gasteiger partial charge in [-0.15, -0.1) is 0 Å². The Morgan fingerprint density at radius 1 is 1.00 bits per heavy atom. The number of carbonyl (C=O) groups is 1. The highest BCUT2D eigenvalue weighted by molar-refractivity contribution is 6.31. The van der Waals surface area contributed by atoms with Gasteiger partial charge < -0.3 is 4.90 Å². The molecule has 0 atom stereocenters. The zero-order valence-electron chi connectivity index (χ0n) is 13.8. The molecule has 0 saturated heterocycles. The summed E-state index contributed by atoms with van der Waals surface area (Å²) >= 11 is 6.36. The summed E-state index contributed by atoms with van der Waals surface area (Å²) in [4.78, 5) is 13.2. The molecule has 0 aromatic heterocycles. The van der Waals surface area contributed by atoms with Crippen LogP contribution in [-0.2, 0) is 13.0 Å². The fourth-order valence-electron chi connectivity index (χ4n) is 3.52. The van der Waals surface area contributed by atoms with E-state index in [0.29, 0.717) is 10.6 Å². The van der Waals surface area contributed by atoms with Crippen molar-refractivity contribution in [2.75, 3.05) is 11.4 Å². The summed E-state index contributed by atoms with van der Waals surface area (Å²) in [5.41, 5.74) is 6.90. The average Bonchev–Trinajstić information content (AvgIpc) is 3.07. The van der Waals surface area contributed by atoms with Gasteiger partial charge in [0.1, 0.15) is 6.29 Å². The minimum Gasteiger partial charge on any atom is -0.367 e. The third-order valence-corrected chi connectivity index (χ3v) is 5.13. The SMILES string of the molecule is O=Cc1ccc(CN2CCc3c(-c4ccccc4)cccc32)c(Cl)c1. The molecule has 0 N–H and O–H groups in total. The predicted octanol–water partition coefficient (Wildman–Crippen LogP) is 5.38. The van der Waals surface area contributed by atoms with E-state index in [1.165, 1.54) is 22.4 Å². The van der Waals surface area contributed by atoms with E-state index < -0.39 is 0 Å². The van der Waals surface area contributed by atoms with Crippen molar-refractivity contribution in [3.05, 3.63) is 88.4 Å². The first-order valence-corrected chi connectivity index (χ1v) is 8.80. The number of rotatable bonds is 4. The van der Waals surface area contributed by atoms with E-state index in [0.717, 1.165) is 31.4 Å². The smallest absolute Gasteiger partial charge is 0.150 e. The van der Waals surface area contributed by atoms with Gasteiger partial charge in [-0.1, -0.05) is 66.2 Å². The molecule has 0 amide bonds. The van der Waals surface area contributed by atoms with Gasteiger partial charge in [0.05, 0.1) is 0 Å². The number of anilines is 1. The number of halogens is 1. The van der Waals surface area contributed by atoms with Crippen LogP contribution in [0.25, 0.3) is 11.1 Å². The summed E-state index contributed by atoms with van der Waals surface area (Å²) in [6, 6.07) is 22.5. The largest absolute Gasteiger partial charge is 0.367 e. The topological polar surface area (TPSA) is 20.3 Å². The second kappa shape index (κ2) is 6.73. The number of carbonyl (C=O) groups excluding carboxylic acids is 1. The lowest BCUT2D eigenvalue weighted by Gasteiger charge is -2.21. The number of fused-ring (bicyclic) bond motifs is 1. The summed E-state index contributed by atoms with van der Waals surface area (Å²) in [7, 11) is 0. The first-order chi connectivity index (χ1) is 12.3. The van der Waals surface area contributed by atoms with E-state index in [2.05, 4.69) is 47.4 Å². The Kier molecular flexibility index (Phi) is 4.29. The maximum absolute atomic E-state index is 10.9. The van der Waals surface area contributed by atoms with E-state index in [1.807, 2.05) is 18.2 Å². The third kappa shape index (κ3) is 3.06. The van der Waals surface area contributed by atoms with Crippen molar-refractivity contribution in [3.8, 4) is 11.1 Å². The first-order valence-electron chi connectivity index (χ1n) is 8.42. The van der Waals surface area contributed by atoms with E-state index in [1.54, 1.807) is 6.07 Å². The summed E-state index contributed by atoms with van der Waals surface area (Å²) < 4.78 is 0. The van der Waals surface area contributed by atoms with Gasteiger partial charge >= 0.3 is 0 Å². The lowest BCUT2D eigenvalue weighted by atomic mass is 9.98. The Morgan fingerprint density at radius 3 is 2.60 bits per heavy atom. The Hall–Kier alpha value is -2.58. The molecule has 25 heavy (non-hydrogen) atoms.